The maximum Gasteiger partial charge on any atom is 0.0798 e. The van der Waals surface area contributed by atoms with Gasteiger partial charge in [0.25, 0.3) is 0 Å². The van der Waals surface area contributed by atoms with E-state index in [4.69, 9.17) is 0 Å². The number of halogens is 2. The zero-order chi connectivity index (χ0) is 8.65. The van der Waals surface area contributed by atoms with Gasteiger partial charge in [-0.15, -0.1) is 11.3 Å². The summed E-state index contributed by atoms with van der Waals surface area (Å²) in [6.45, 7) is 6.71. The molecule has 1 aromatic rings. The van der Waals surface area contributed by atoms with Crippen molar-refractivity contribution in [3.8, 4) is 0 Å². The second kappa shape index (κ2) is 3.34. The molecule has 0 aliphatic rings. The lowest BCUT2D eigenvalue weighted by molar-refractivity contribution is 0.604. The Morgan fingerprint density at radius 1 is 1.45 bits per heavy atom. The van der Waals surface area contributed by atoms with Gasteiger partial charge in [-0.3, -0.25) is 0 Å². The maximum atomic E-state index is 3.51. The van der Waals surface area contributed by atoms with Crippen molar-refractivity contribution >= 4 is 49.9 Å². The fourth-order valence-electron chi connectivity index (χ4n) is 0.716. The number of rotatable bonds is 0. The Morgan fingerprint density at radius 3 is 2.18 bits per heavy atom. The molecule has 0 nitrogen and oxygen atoms in total. The van der Waals surface area contributed by atoms with Crippen LogP contribution in [0.15, 0.2) is 10.5 Å². The molecule has 0 spiro atoms. The minimum absolute atomic E-state index is 0.288. The Labute approximate surface area is 93.7 Å². The van der Waals surface area contributed by atoms with Crippen molar-refractivity contribution in [1.82, 2.24) is 0 Å². The summed E-state index contributed by atoms with van der Waals surface area (Å²) < 4.78 is 2.57. The predicted octanol–water partition coefficient (Wildman–Crippen LogP) is 4.41. The zero-order valence-electron chi connectivity index (χ0n) is 6.74. The largest absolute Gasteiger partial charge is 0.132 e. The van der Waals surface area contributed by atoms with Gasteiger partial charge >= 0.3 is 0 Å². The Bertz CT molecular complexity index is 240. The van der Waals surface area contributed by atoms with Gasteiger partial charge in [0.1, 0.15) is 0 Å². The molecule has 0 unspecified atom stereocenters. The molecule has 0 saturated heterocycles. The van der Waals surface area contributed by atoms with Gasteiger partial charge in [-0.2, -0.15) is 0 Å². The molecule has 0 N–H and O–H groups in total. The lowest BCUT2D eigenvalue weighted by atomic mass is 9.95. The summed E-state index contributed by atoms with van der Waals surface area (Å²) in [6, 6.07) is 2.21. The van der Waals surface area contributed by atoms with E-state index in [0.717, 1.165) is 0 Å². The molecule has 1 aromatic heterocycles. The van der Waals surface area contributed by atoms with Gasteiger partial charge in [-0.05, 0) is 50.0 Å². The molecule has 0 atom stereocenters. The first-order chi connectivity index (χ1) is 4.91. The van der Waals surface area contributed by atoms with Crippen molar-refractivity contribution < 1.29 is 0 Å². The van der Waals surface area contributed by atoms with E-state index in [9.17, 15) is 0 Å². The Hall–Kier alpha value is 0.910. The highest BCUT2D eigenvalue weighted by Gasteiger charge is 2.17. The van der Waals surface area contributed by atoms with E-state index in [1.165, 1.54) is 12.2 Å². The molecule has 0 saturated carbocycles. The van der Waals surface area contributed by atoms with Crippen LogP contribution in [0.25, 0.3) is 0 Å². The second-order valence-electron chi connectivity index (χ2n) is 3.48. The molecule has 0 radical (unpaired) electrons. The van der Waals surface area contributed by atoms with E-state index < -0.39 is 0 Å². The van der Waals surface area contributed by atoms with Crippen LogP contribution >= 0.6 is 49.9 Å². The lowest BCUT2D eigenvalue weighted by Gasteiger charge is -2.14. The van der Waals surface area contributed by atoms with E-state index in [1.54, 1.807) is 0 Å². The zero-order valence-corrected chi connectivity index (χ0v) is 11.3. The van der Waals surface area contributed by atoms with Crippen molar-refractivity contribution in [2.45, 2.75) is 26.2 Å². The van der Waals surface area contributed by atoms with Crippen LogP contribution in [-0.2, 0) is 5.41 Å². The highest BCUT2D eigenvalue weighted by molar-refractivity contribution is 14.1. The van der Waals surface area contributed by atoms with Gasteiger partial charge in [0, 0.05) is 9.35 Å². The molecule has 0 bridgehead atoms. The first kappa shape index (κ1) is 9.99. The molecule has 1 heterocycles. The third-order valence-corrected chi connectivity index (χ3v) is 5.60. The van der Waals surface area contributed by atoms with Crippen molar-refractivity contribution in [3.05, 3.63) is 18.3 Å². The minimum atomic E-state index is 0.288. The molecule has 0 aliphatic carbocycles. The minimum Gasteiger partial charge on any atom is -0.132 e. The molecule has 1 rings (SSSR count). The third kappa shape index (κ3) is 2.42. The van der Waals surface area contributed by atoms with Crippen LogP contribution in [0, 0.1) is 2.88 Å². The predicted molar refractivity (Wildman–Crippen MR) is 63.4 cm³/mol. The van der Waals surface area contributed by atoms with E-state index in [0.29, 0.717) is 0 Å². The van der Waals surface area contributed by atoms with Crippen LogP contribution in [0.5, 0.6) is 0 Å². The lowest BCUT2D eigenvalue weighted by Crippen LogP contribution is -2.07. The van der Waals surface area contributed by atoms with Gasteiger partial charge in [-0.25, -0.2) is 0 Å². The molecular weight excluding hydrogens is 335 g/mol. The summed E-state index contributed by atoms with van der Waals surface area (Å²) in [6.07, 6.45) is 0. The van der Waals surface area contributed by atoms with E-state index in [1.807, 2.05) is 11.3 Å². The first-order valence-corrected chi connectivity index (χ1v) is 6.05. The first-order valence-electron chi connectivity index (χ1n) is 3.36. The SMILES string of the molecule is CC(C)(C)c1cc(Br)c(I)s1. The van der Waals surface area contributed by atoms with Crippen molar-refractivity contribution in [2.24, 2.45) is 0 Å². The van der Waals surface area contributed by atoms with Crippen LogP contribution in [-0.4, -0.2) is 0 Å². The monoisotopic (exact) mass is 344 g/mol. The third-order valence-electron chi connectivity index (χ3n) is 1.38. The molecule has 3 heteroatoms. The smallest absolute Gasteiger partial charge is 0.0798 e. The van der Waals surface area contributed by atoms with E-state index in [2.05, 4.69) is 65.4 Å². The molecule has 0 aliphatic heterocycles. The summed E-state index contributed by atoms with van der Waals surface area (Å²) in [5, 5.41) is 0. The number of hydrogen-bond donors (Lipinski definition) is 0. The van der Waals surface area contributed by atoms with Gasteiger partial charge in [0.05, 0.1) is 2.88 Å². The average molecular weight is 345 g/mol. The van der Waals surface area contributed by atoms with Gasteiger partial charge in [0.15, 0.2) is 0 Å². The fraction of sp³-hybridized carbons (Fsp3) is 0.500. The van der Waals surface area contributed by atoms with Gasteiger partial charge < -0.3 is 0 Å². The average Bonchev–Trinajstić information content (AvgIpc) is 2.11. The number of thiophene rings is 1. The van der Waals surface area contributed by atoms with Crippen LogP contribution in [0.3, 0.4) is 0 Å². The van der Waals surface area contributed by atoms with Crippen molar-refractivity contribution in [3.63, 3.8) is 0 Å². The van der Waals surface area contributed by atoms with E-state index >= 15 is 0 Å². The highest BCUT2D eigenvalue weighted by Crippen LogP contribution is 2.35. The summed E-state index contributed by atoms with van der Waals surface area (Å²) in [5.41, 5.74) is 0.288. The Kier molecular flexibility index (Phi) is 3.03. The molecule has 62 valence electrons. The maximum absolute atomic E-state index is 3.51. The van der Waals surface area contributed by atoms with Gasteiger partial charge in [-0.1, -0.05) is 20.8 Å². The topological polar surface area (TPSA) is 0 Å². The fourth-order valence-corrected chi connectivity index (χ4v) is 3.04. The summed E-state index contributed by atoms with van der Waals surface area (Å²) in [5.74, 6) is 0. The summed E-state index contributed by atoms with van der Waals surface area (Å²) in [4.78, 5) is 1.44. The molecular formula is C8H10BrIS. The van der Waals surface area contributed by atoms with Crippen LogP contribution in [0.1, 0.15) is 25.6 Å². The molecule has 0 fully saturated rings. The number of hydrogen-bond acceptors (Lipinski definition) is 1. The van der Waals surface area contributed by atoms with E-state index in [-0.39, 0.29) is 5.41 Å². The van der Waals surface area contributed by atoms with Crippen molar-refractivity contribution in [1.29, 1.82) is 0 Å². The summed E-state index contributed by atoms with van der Waals surface area (Å²) in [7, 11) is 0. The summed E-state index contributed by atoms with van der Waals surface area (Å²) >= 11 is 7.73. The van der Waals surface area contributed by atoms with Crippen LogP contribution < -0.4 is 0 Å². The highest BCUT2D eigenvalue weighted by atomic mass is 127. The van der Waals surface area contributed by atoms with Crippen LogP contribution in [0.2, 0.25) is 0 Å². The second-order valence-corrected chi connectivity index (χ2v) is 7.20. The standard InChI is InChI=1S/C8H10BrIS/c1-8(2,3)6-4-5(9)7(10)11-6/h4H,1-3H3. The Morgan fingerprint density at radius 2 is 2.00 bits per heavy atom. The molecule has 0 aromatic carbocycles. The molecule has 0 amide bonds. The van der Waals surface area contributed by atoms with Crippen molar-refractivity contribution in [2.75, 3.05) is 0 Å². The normalized spacial score (nSPS) is 12.1. The quantitative estimate of drug-likeness (QED) is 0.611. The molecule has 11 heavy (non-hydrogen) atoms. The Balaban J connectivity index is 3.08. The van der Waals surface area contributed by atoms with Gasteiger partial charge in [0.2, 0.25) is 0 Å². The van der Waals surface area contributed by atoms with Crippen LogP contribution in [0.4, 0.5) is 0 Å².